The molecule has 0 heterocycles. The summed E-state index contributed by atoms with van der Waals surface area (Å²) in [6.07, 6.45) is -10.7. The van der Waals surface area contributed by atoms with Crippen molar-refractivity contribution in [1.29, 1.82) is 0 Å². The van der Waals surface area contributed by atoms with Gasteiger partial charge in [-0.05, 0) is 0 Å². The Bertz CT molecular complexity index is 306. The first-order valence-corrected chi connectivity index (χ1v) is 5.83. The third-order valence-electron chi connectivity index (χ3n) is 2.61. The lowest BCUT2D eigenvalue weighted by Crippen LogP contribution is -2.54. The Labute approximate surface area is 115 Å². The SMILES string of the molecule is OCCN(CCO)CC(O)CC(F)(F)C(F)(F)C(F)(F)F. The summed E-state index contributed by atoms with van der Waals surface area (Å²) in [6, 6.07) is 0. The Morgan fingerprint density at radius 2 is 1.29 bits per heavy atom. The van der Waals surface area contributed by atoms with Gasteiger partial charge in [0.05, 0.1) is 19.3 Å². The Kier molecular flexibility index (Phi) is 7.33. The van der Waals surface area contributed by atoms with Crippen molar-refractivity contribution in [2.75, 3.05) is 32.8 Å². The second-order valence-corrected chi connectivity index (χ2v) is 4.38. The van der Waals surface area contributed by atoms with Crippen LogP contribution in [-0.2, 0) is 0 Å². The van der Waals surface area contributed by atoms with Crippen molar-refractivity contribution in [3.8, 4) is 0 Å². The maximum Gasteiger partial charge on any atom is 0.459 e. The number of alkyl halides is 7. The summed E-state index contributed by atoms with van der Waals surface area (Å²) in [6.45, 7) is -1.97. The topological polar surface area (TPSA) is 63.9 Å². The predicted octanol–water partition coefficient (Wildman–Crippen LogP) is 0.857. The lowest BCUT2D eigenvalue weighted by molar-refractivity contribution is -0.358. The summed E-state index contributed by atoms with van der Waals surface area (Å²) < 4.78 is 87.0. The summed E-state index contributed by atoms with van der Waals surface area (Å²) in [5, 5.41) is 26.5. The fourth-order valence-electron chi connectivity index (χ4n) is 1.57. The Hall–Kier alpha value is -0.650. The van der Waals surface area contributed by atoms with Gasteiger partial charge in [-0.25, -0.2) is 0 Å². The highest BCUT2D eigenvalue weighted by molar-refractivity contribution is 4.92. The van der Waals surface area contributed by atoms with Gasteiger partial charge in [0.1, 0.15) is 0 Å². The molecule has 0 saturated carbocycles. The van der Waals surface area contributed by atoms with E-state index in [-0.39, 0.29) is 13.1 Å². The smallest absolute Gasteiger partial charge is 0.395 e. The monoisotopic (exact) mass is 331 g/mol. The van der Waals surface area contributed by atoms with Gasteiger partial charge in [-0.15, -0.1) is 0 Å². The van der Waals surface area contributed by atoms with Crippen LogP contribution in [0.3, 0.4) is 0 Å². The van der Waals surface area contributed by atoms with E-state index in [2.05, 4.69) is 0 Å². The summed E-state index contributed by atoms with van der Waals surface area (Å²) in [5.41, 5.74) is 0. The normalized spacial score (nSPS) is 15.6. The van der Waals surface area contributed by atoms with E-state index < -0.39 is 50.3 Å². The Morgan fingerprint density at radius 1 is 0.857 bits per heavy atom. The second-order valence-electron chi connectivity index (χ2n) is 4.38. The minimum absolute atomic E-state index is 0.168. The number of aliphatic hydroxyl groups excluding tert-OH is 3. The Morgan fingerprint density at radius 3 is 1.62 bits per heavy atom. The summed E-state index contributed by atoms with van der Waals surface area (Å²) in [5.74, 6) is -11.7. The highest BCUT2D eigenvalue weighted by Crippen LogP contribution is 2.48. The van der Waals surface area contributed by atoms with Gasteiger partial charge in [-0.3, -0.25) is 4.90 Å². The molecule has 1 unspecified atom stereocenters. The zero-order valence-corrected chi connectivity index (χ0v) is 10.8. The van der Waals surface area contributed by atoms with E-state index in [4.69, 9.17) is 10.2 Å². The van der Waals surface area contributed by atoms with Gasteiger partial charge in [-0.1, -0.05) is 0 Å². The van der Waals surface area contributed by atoms with Crippen LogP contribution in [0.15, 0.2) is 0 Å². The molecule has 0 rings (SSSR count). The average Bonchev–Trinajstić information content (AvgIpc) is 2.26. The summed E-state index contributed by atoms with van der Waals surface area (Å²) in [7, 11) is 0. The number of aliphatic hydroxyl groups is 3. The van der Waals surface area contributed by atoms with E-state index in [1.165, 1.54) is 0 Å². The maximum absolute atomic E-state index is 13.0. The zero-order chi connectivity index (χ0) is 16.9. The molecule has 0 aromatic rings. The molecule has 0 amide bonds. The molecule has 0 aliphatic carbocycles. The van der Waals surface area contributed by atoms with E-state index in [0.29, 0.717) is 0 Å². The van der Waals surface area contributed by atoms with Gasteiger partial charge in [0.15, 0.2) is 0 Å². The molecule has 21 heavy (non-hydrogen) atoms. The second kappa shape index (κ2) is 7.56. The standard InChI is InChI=1S/C10H16F7NO3/c11-8(12,9(13,14)10(15,16)17)5-7(21)6-18(1-3-19)2-4-20/h7,19-21H,1-6H2. The van der Waals surface area contributed by atoms with E-state index in [9.17, 15) is 35.8 Å². The van der Waals surface area contributed by atoms with E-state index in [1.54, 1.807) is 0 Å². The molecule has 0 aromatic carbocycles. The fourth-order valence-corrected chi connectivity index (χ4v) is 1.57. The van der Waals surface area contributed by atoms with Crippen molar-refractivity contribution in [3.63, 3.8) is 0 Å². The third-order valence-corrected chi connectivity index (χ3v) is 2.61. The number of hydrogen-bond acceptors (Lipinski definition) is 4. The van der Waals surface area contributed by atoms with Gasteiger partial charge >= 0.3 is 18.0 Å². The van der Waals surface area contributed by atoms with Crippen LogP contribution in [0.25, 0.3) is 0 Å². The van der Waals surface area contributed by atoms with E-state index >= 15 is 0 Å². The van der Waals surface area contributed by atoms with Gasteiger partial charge in [0.2, 0.25) is 0 Å². The number of rotatable bonds is 9. The van der Waals surface area contributed by atoms with Gasteiger partial charge in [0.25, 0.3) is 0 Å². The predicted molar refractivity (Wildman–Crippen MR) is 57.2 cm³/mol. The maximum atomic E-state index is 13.0. The van der Waals surface area contributed by atoms with Gasteiger partial charge in [-0.2, -0.15) is 30.7 Å². The van der Waals surface area contributed by atoms with Crippen LogP contribution >= 0.6 is 0 Å². The van der Waals surface area contributed by atoms with Crippen LogP contribution in [0.1, 0.15) is 6.42 Å². The van der Waals surface area contributed by atoms with Crippen molar-refractivity contribution in [3.05, 3.63) is 0 Å². The highest BCUT2D eigenvalue weighted by Gasteiger charge is 2.72. The molecule has 0 aliphatic heterocycles. The molecule has 1 atom stereocenters. The van der Waals surface area contributed by atoms with Gasteiger partial charge in [0, 0.05) is 26.1 Å². The largest absolute Gasteiger partial charge is 0.459 e. The minimum Gasteiger partial charge on any atom is -0.395 e. The van der Waals surface area contributed by atoms with Crippen LogP contribution in [-0.4, -0.2) is 77.2 Å². The molecule has 128 valence electrons. The van der Waals surface area contributed by atoms with Crippen LogP contribution in [0, 0.1) is 0 Å². The van der Waals surface area contributed by atoms with Crippen LogP contribution in [0.5, 0.6) is 0 Å². The van der Waals surface area contributed by atoms with Crippen LogP contribution in [0.4, 0.5) is 30.7 Å². The van der Waals surface area contributed by atoms with Crippen LogP contribution < -0.4 is 0 Å². The van der Waals surface area contributed by atoms with E-state index in [0.717, 1.165) is 4.90 Å². The first-order chi connectivity index (χ1) is 9.39. The van der Waals surface area contributed by atoms with Crippen molar-refractivity contribution in [2.24, 2.45) is 0 Å². The van der Waals surface area contributed by atoms with Crippen molar-refractivity contribution in [1.82, 2.24) is 4.90 Å². The quantitative estimate of drug-likeness (QED) is 0.549. The van der Waals surface area contributed by atoms with Crippen molar-refractivity contribution in [2.45, 2.75) is 30.5 Å². The number of hydrogen-bond donors (Lipinski definition) is 3. The zero-order valence-electron chi connectivity index (χ0n) is 10.8. The van der Waals surface area contributed by atoms with Crippen molar-refractivity contribution < 1.29 is 46.1 Å². The number of halogens is 7. The molecule has 3 N–H and O–H groups in total. The van der Waals surface area contributed by atoms with Gasteiger partial charge < -0.3 is 15.3 Å². The molecule has 0 bridgehead atoms. The molecule has 4 nitrogen and oxygen atoms in total. The van der Waals surface area contributed by atoms with E-state index in [1.807, 2.05) is 0 Å². The third kappa shape index (κ3) is 5.57. The number of nitrogens with zero attached hydrogens (tertiary/aromatic N) is 1. The Balaban J connectivity index is 4.77. The fraction of sp³-hybridized carbons (Fsp3) is 1.00. The van der Waals surface area contributed by atoms with Crippen LogP contribution in [0.2, 0.25) is 0 Å². The molecule has 0 radical (unpaired) electrons. The minimum atomic E-state index is -6.44. The summed E-state index contributed by atoms with van der Waals surface area (Å²) in [4.78, 5) is 1.05. The molecule has 0 aromatic heterocycles. The molecular formula is C10H16F7NO3. The molecular weight excluding hydrogens is 315 g/mol. The van der Waals surface area contributed by atoms with Crippen molar-refractivity contribution >= 4 is 0 Å². The molecule has 0 spiro atoms. The first-order valence-electron chi connectivity index (χ1n) is 5.83. The average molecular weight is 331 g/mol. The lowest BCUT2D eigenvalue weighted by atomic mass is 10.0. The summed E-state index contributed by atoms with van der Waals surface area (Å²) >= 11 is 0. The lowest BCUT2D eigenvalue weighted by Gasteiger charge is -2.31. The molecule has 11 heteroatoms. The first kappa shape index (κ1) is 20.3. The molecule has 0 fully saturated rings. The highest BCUT2D eigenvalue weighted by atomic mass is 19.4. The molecule has 0 saturated heterocycles. The molecule has 0 aliphatic rings.